The van der Waals surface area contributed by atoms with Crippen molar-refractivity contribution in [2.45, 2.75) is 42.5 Å². The van der Waals surface area contributed by atoms with Crippen LogP contribution in [0.3, 0.4) is 0 Å². The molecule has 0 aromatic heterocycles. The van der Waals surface area contributed by atoms with E-state index in [1.165, 1.54) is 19.3 Å². The standard InChI is InChI=1S/C12H21BrN2O/c1-14(2)12(6-4-7-12)9-15-8-3-5-10(13)11(15)16/h10H,3-9H2,1-2H3. The minimum atomic E-state index is 0.0561. The Bertz CT molecular complexity index is 276. The number of halogens is 1. The minimum Gasteiger partial charge on any atom is -0.340 e. The van der Waals surface area contributed by atoms with E-state index in [0.717, 1.165) is 25.9 Å². The van der Waals surface area contributed by atoms with E-state index < -0.39 is 0 Å². The molecule has 1 saturated heterocycles. The highest BCUT2D eigenvalue weighted by Crippen LogP contribution is 2.37. The first-order valence-electron chi connectivity index (χ1n) is 6.15. The Morgan fingerprint density at radius 2 is 2.12 bits per heavy atom. The van der Waals surface area contributed by atoms with Gasteiger partial charge < -0.3 is 9.80 Å². The molecule has 3 nitrogen and oxygen atoms in total. The van der Waals surface area contributed by atoms with Crippen molar-refractivity contribution in [2.75, 3.05) is 27.2 Å². The fourth-order valence-electron chi connectivity index (χ4n) is 2.74. The van der Waals surface area contributed by atoms with Gasteiger partial charge in [-0.2, -0.15) is 0 Å². The topological polar surface area (TPSA) is 23.6 Å². The van der Waals surface area contributed by atoms with E-state index in [9.17, 15) is 4.79 Å². The highest BCUT2D eigenvalue weighted by Gasteiger charge is 2.42. The minimum absolute atomic E-state index is 0.0561. The van der Waals surface area contributed by atoms with Crippen LogP contribution in [0.2, 0.25) is 0 Å². The summed E-state index contributed by atoms with van der Waals surface area (Å²) in [6.07, 6.45) is 5.89. The molecule has 16 heavy (non-hydrogen) atoms. The van der Waals surface area contributed by atoms with Crippen molar-refractivity contribution < 1.29 is 4.79 Å². The van der Waals surface area contributed by atoms with Crippen LogP contribution in [0.4, 0.5) is 0 Å². The second-order valence-electron chi connectivity index (χ2n) is 5.34. The van der Waals surface area contributed by atoms with E-state index in [0.29, 0.717) is 5.91 Å². The average molecular weight is 289 g/mol. The fraction of sp³-hybridized carbons (Fsp3) is 0.917. The van der Waals surface area contributed by atoms with E-state index in [2.05, 4.69) is 39.8 Å². The highest BCUT2D eigenvalue weighted by atomic mass is 79.9. The number of piperidine rings is 1. The summed E-state index contributed by atoms with van der Waals surface area (Å²) in [4.78, 5) is 16.4. The van der Waals surface area contributed by atoms with Crippen molar-refractivity contribution in [3.8, 4) is 0 Å². The van der Waals surface area contributed by atoms with Crippen molar-refractivity contribution >= 4 is 21.8 Å². The summed E-state index contributed by atoms with van der Waals surface area (Å²) >= 11 is 3.47. The number of nitrogens with zero attached hydrogens (tertiary/aromatic N) is 2. The average Bonchev–Trinajstić information content (AvgIpc) is 2.17. The number of carbonyl (C=O) groups is 1. The molecule has 2 fully saturated rings. The van der Waals surface area contributed by atoms with E-state index in [1.54, 1.807) is 0 Å². The molecule has 0 spiro atoms. The van der Waals surface area contributed by atoms with Crippen LogP contribution in [-0.2, 0) is 4.79 Å². The molecule has 1 heterocycles. The van der Waals surface area contributed by atoms with Gasteiger partial charge in [0.05, 0.1) is 4.83 Å². The number of amides is 1. The largest absolute Gasteiger partial charge is 0.340 e. The predicted molar refractivity (Wildman–Crippen MR) is 68.8 cm³/mol. The fourth-order valence-corrected chi connectivity index (χ4v) is 3.35. The quantitative estimate of drug-likeness (QED) is 0.740. The van der Waals surface area contributed by atoms with Gasteiger partial charge in [-0.25, -0.2) is 0 Å². The normalized spacial score (nSPS) is 29.4. The number of alkyl halides is 1. The monoisotopic (exact) mass is 288 g/mol. The van der Waals surface area contributed by atoms with Gasteiger partial charge in [-0.05, 0) is 46.2 Å². The summed E-state index contributed by atoms with van der Waals surface area (Å²) in [6.45, 7) is 1.86. The summed E-state index contributed by atoms with van der Waals surface area (Å²) in [7, 11) is 4.28. The van der Waals surface area contributed by atoms with E-state index in [1.807, 2.05) is 0 Å². The summed E-state index contributed by atoms with van der Waals surface area (Å²) in [6, 6.07) is 0. The van der Waals surface area contributed by atoms with Crippen molar-refractivity contribution in [1.29, 1.82) is 0 Å². The highest BCUT2D eigenvalue weighted by molar-refractivity contribution is 9.10. The van der Waals surface area contributed by atoms with Crippen LogP contribution in [0.5, 0.6) is 0 Å². The lowest BCUT2D eigenvalue weighted by molar-refractivity contribution is -0.135. The first-order chi connectivity index (χ1) is 7.55. The summed E-state index contributed by atoms with van der Waals surface area (Å²) in [5, 5.41) is 0. The Hall–Kier alpha value is -0.0900. The van der Waals surface area contributed by atoms with Gasteiger partial charge in [0.25, 0.3) is 0 Å². The smallest absolute Gasteiger partial charge is 0.236 e. The van der Waals surface area contributed by atoms with E-state index in [4.69, 9.17) is 0 Å². The van der Waals surface area contributed by atoms with Crippen molar-refractivity contribution in [1.82, 2.24) is 9.80 Å². The third-order valence-corrected chi connectivity index (χ3v) is 5.03. The summed E-state index contributed by atoms with van der Waals surface area (Å²) in [5.74, 6) is 0.291. The predicted octanol–water partition coefficient (Wildman–Crippen LogP) is 1.86. The Morgan fingerprint density at radius 1 is 1.44 bits per heavy atom. The zero-order chi connectivity index (χ0) is 11.8. The molecule has 1 unspecified atom stereocenters. The van der Waals surface area contributed by atoms with Crippen LogP contribution in [0, 0.1) is 0 Å². The molecule has 1 atom stereocenters. The molecule has 4 heteroatoms. The Balaban J connectivity index is 2.00. The Morgan fingerprint density at radius 3 is 2.62 bits per heavy atom. The molecule has 0 bridgehead atoms. The van der Waals surface area contributed by atoms with Gasteiger partial charge >= 0.3 is 0 Å². The first kappa shape index (κ1) is 12.4. The maximum atomic E-state index is 12.0. The third kappa shape index (κ3) is 2.14. The van der Waals surface area contributed by atoms with E-state index in [-0.39, 0.29) is 10.4 Å². The zero-order valence-electron chi connectivity index (χ0n) is 10.2. The van der Waals surface area contributed by atoms with Crippen LogP contribution >= 0.6 is 15.9 Å². The molecule has 2 rings (SSSR count). The number of hydrogen-bond acceptors (Lipinski definition) is 2. The molecular formula is C12H21BrN2O. The summed E-state index contributed by atoms with van der Waals surface area (Å²) in [5.41, 5.74) is 0.264. The van der Waals surface area contributed by atoms with Crippen LogP contribution in [-0.4, -0.2) is 53.3 Å². The second kappa shape index (κ2) is 4.65. The van der Waals surface area contributed by atoms with Gasteiger partial charge in [0, 0.05) is 18.6 Å². The number of hydrogen-bond donors (Lipinski definition) is 0. The van der Waals surface area contributed by atoms with Crippen molar-refractivity contribution in [3.05, 3.63) is 0 Å². The lowest BCUT2D eigenvalue weighted by atomic mass is 9.75. The molecule has 0 aromatic rings. The third-order valence-electron chi connectivity index (χ3n) is 4.18. The van der Waals surface area contributed by atoms with Crippen LogP contribution in [0.15, 0.2) is 0 Å². The van der Waals surface area contributed by atoms with Crippen LogP contribution < -0.4 is 0 Å². The van der Waals surface area contributed by atoms with Gasteiger partial charge in [0.2, 0.25) is 5.91 Å². The molecule has 92 valence electrons. The molecule has 1 amide bonds. The molecule has 0 radical (unpaired) electrons. The number of likely N-dealkylation sites (N-methyl/N-ethyl adjacent to an activating group) is 1. The molecule has 1 saturated carbocycles. The second-order valence-corrected chi connectivity index (χ2v) is 6.45. The SMILES string of the molecule is CN(C)C1(CN2CCCC(Br)C2=O)CCC1. The molecular weight excluding hydrogens is 268 g/mol. The van der Waals surface area contributed by atoms with Gasteiger partial charge in [-0.15, -0.1) is 0 Å². The molecule has 0 aromatic carbocycles. The molecule has 0 N–H and O–H groups in total. The Kier molecular flexibility index (Phi) is 3.59. The molecule has 1 aliphatic heterocycles. The number of likely N-dealkylation sites (tertiary alicyclic amines) is 1. The number of carbonyl (C=O) groups excluding carboxylic acids is 1. The van der Waals surface area contributed by atoms with Crippen LogP contribution in [0.25, 0.3) is 0 Å². The molecule has 1 aliphatic carbocycles. The van der Waals surface area contributed by atoms with Crippen LogP contribution in [0.1, 0.15) is 32.1 Å². The zero-order valence-corrected chi connectivity index (χ0v) is 11.8. The maximum Gasteiger partial charge on any atom is 0.236 e. The lowest BCUT2D eigenvalue weighted by Crippen LogP contribution is -2.59. The van der Waals surface area contributed by atoms with Crippen molar-refractivity contribution in [3.63, 3.8) is 0 Å². The van der Waals surface area contributed by atoms with Gasteiger partial charge in [-0.3, -0.25) is 4.79 Å². The van der Waals surface area contributed by atoms with Gasteiger partial charge in [0.1, 0.15) is 0 Å². The first-order valence-corrected chi connectivity index (χ1v) is 7.07. The van der Waals surface area contributed by atoms with E-state index >= 15 is 0 Å². The van der Waals surface area contributed by atoms with Crippen molar-refractivity contribution in [2.24, 2.45) is 0 Å². The molecule has 2 aliphatic rings. The Labute approximate surface area is 106 Å². The maximum absolute atomic E-state index is 12.0. The van der Waals surface area contributed by atoms with Gasteiger partial charge in [-0.1, -0.05) is 15.9 Å². The lowest BCUT2D eigenvalue weighted by Gasteiger charge is -2.50. The summed E-state index contributed by atoms with van der Waals surface area (Å²) < 4.78 is 0. The number of rotatable bonds is 3. The van der Waals surface area contributed by atoms with Gasteiger partial charge in [0.15, 0.2) is 0 Å².